The summed E-state index contributed by atoms with van der Waals surface area (Å²) in [5.41, 5.74) is 0. The number of likely N-dealkylation sites (N-methyl/N-ethyl adjacent to an activating group) is 1. The Morgan fingerprint density at radius 3 is 1.57 bits per heavy atom. The van der Waals surface area contributed by atoms with Gasteiger partial charge in [-0.2, -0.15) is 0 Å². The van der Waals surface area contributed by atoms with Crippen LogP contribution < -0.4 is 4.89 Å². The fourth-order valence-corrected chi connectivity index (χ4v) is 5.74. The molecule has 10 heteroatoms. The molecule has 2 unspecified atom stereocenters. The number of carbonyl (C=O) groups is 2. The number of phosphoric acid groups is 1. The van der Waals surface area contributed by atoms with Gasteiger partial charge in [0.25, 0.3) is 7.82 Å². The molecule has 0 aliphatic carbocycles. The molecule has 310 valence electrons. The number of nitrogens with zero attached hydrogens (tertiary/aromatic N) is 1. The van der Waals surface area contributed by atoms with Crippen LogP contribution in [0.4, 0.5) is 0 Å². The van der Waals surface area contributed by atoms with Gasteiger partial charge >= 0.3 is 11.9 Å². The first kappa shape index (κ1) is 51.5. The topological polar surface area (TPSA) is 111 Å². The van der Waals surface area contributed by atoms with Gasteiger partial charge in [0, 0.05) is 12.8 Å². The lowest BCUT2D eigenvalue weighted by atomic mass is 10.1. The van der Waals surface area contributed by atoms with Crippen molar-refractivity contribution in [1.29, 1.82) is 0 Å². The van der Waals surface area contributed by atoms with Gasteiger partial charge in [-0.1, -0.05) is 138 Å². The average Bonchev–Trinajstić information content (AvgIpc) is 3.12. The predicted molar refractivity (Wildman–Crippen MR) is 222 cm³/mol. The van der Waals surface area contributed by atoms with Crippen molar-refractivity contribution >= 4 is 19.8 Å². The molecule has 54 heavy (non-hydrogen) atoms. The number of allylic oxidation sites excluding steroid dienone is 12. The quantitative estimate of drug-likeness (QED) is 0.0203. The lowest BCUT2D eigenvalue weighted by molar-refractivity contribution is -0.870. The van der Waals surface area contributed by atoms with Gasteiger partial charge in [-0.25, -0.2) is 0 Å². The molecule has 0 aromatic heterocycles. The van der Waals surface area contributed by atoms with E-state index in [0.29, 0.717) is 17.4 Å². The summed E-state index contributed by atoms with van der Waals surface area (Å²) in [7, 11) is 1.13. The van der Waals surface area contributed by atoms with E-state index in [1.54, 1.807) is 0 Å². The second-order valence-corrected chi connectivity index (χ2v) is 16.0. The minimum atomic E-state index is -4.63. The summed E-state index contributed by atoms with van der Waals surface area (Å²) in [4.78, 5) is 37.3. The predicted octanol–water partition coefficient (Wildman–Crippen LogP) is 10.8. The molecule has 0 saturated carbocycles. The molecule has 0 N–H and O–H groups in total. The van der Waals surface area contributed by atoms with E-state index in [0.717, 1.165) is 89.9 Å². The molecule has 0 heterocycles. The van der Waals surface area contributed by atoms with E-state index in [4.69, 9.17) is 18.5 Å². The van der Waals surface area contributed by atoms with Crippen molar-refractivity contribution in [3.8, 4) is 0 Å². The molecule has 0 rings (SSSR count). The standard InChI is InChI=1S/C44H76NO8P/c1-6-8-10-12-14-15-16-17-18-19-20-21-22-23-24-25-26-27-28-29-31-33-35-37-44(47)53-42(41-52-54(48,49)51-39-38-45(3,4)5)40-50-43(46)36-34-32-30-13-11-9-7-2/h8,10,14-15,17-18,20-21,23-24,26-27,42H,6-7,9,11-13,16,19,22,25,28-41H2,1-5H3/b10-8-,15-14-,18-17-,21-20-,24-23-,27-26-. The third kappa shape index (κ3) is 39.2. The van der Waals surface area contributed by atoms with Crippen molar-refractivity contribution in [3.05, 3.63) is 72.9 Å². The minimum absolute atomic E-state index is 0.0394. The van der Waals surface area contributed by atoms with E-state index in [2.05, 4.69) is 86.8 Å². The van der Waals surface area contributed by atoms with Gasteiger partial charge < -0.3 is 27.9 Å². The van der Waals surface area contributed by atoms with Crippen molar-refractivity contribution in [2.45, 2.75) is 148 Å². The monoisotopic (exact) mass is 778 g/mol. The largest absolute Gasteiger partial charge is 0.756 e. The maximum Gasteiger partial charge on any atom is 0.306 e. The molecule has 0 fully saturated rings. The Labute approximate surface area is 329 Å². The molecule has 0 bridgehead atoms. The van der Waals surface area contributed by atoms with Crippen molar-refractivity contribution < 1.29 is 42.1 Å². The highest BCUT2D eigenvalue weighted by Gasteiger charge is 2.21. The van der Waals surface area contributed by atoms with E-state index >= 15 is 0 Å². The Bertz CT molecular complexity index is 1150. The van der Waals surface area contributed by atoms with Crippen LogP contribution in [0.25, 0.3) is 0 Å². The number of quaternary nitrogens is 1. The molecule has 0 radical (unpaired) electrons. The highest BCUT2D eigenvalue weighted by Crippen LogP contribution is 2.38. The lowest BCUT2D eigenvalue weighted by Crippen LogP contribution is -2.37. The molecule has 0 spiro atoms. The van der Waals surface area contributed by atoms with E-state index in [1.165, 1.54) is 19.3 Å². The summed E-state index contributed by atoms with van der Waals surface area (Å²) < 4.78 is 33.7. The summed E-state index contributed by atoms with van der Waals surface area (Å²) in [5.74, 6) is -0.878. The van der Waals surface area contributed by atoms with Crippen LogP contribution in [-0.2, 0) is 32.7 Å². The summed E-state index contributed by atoms with van der Waals surface area (Å²) in [6.45, 7) is 4.00. The SMILES string of the molecule is CC/C=C\C/C=C\C/C=C\C/C=C\C/C=C\C/C=C\CCCCCCC(=O)OC(COC(=O)CCCCCCCCC)COP(=O)([O-])OCC[N+](C)(C)C. The van der Waals surface area contributed by atoms with E-state index < -0.39 is 32.5 Å². The zero-order valence-corrected chi connectivity index (χ0v) is 35.5. The summed E-state index contributed by atoms with van der Waals surface area (Å²) in [6.07, 6.45) is 43.8. The first-order valence-corrected chi connectivity index (χ1v) is 22.1. The van der Waals surface area contributed by atoms with Crippen LogP contribution in [0.3, 0.4) is 0 Å². The van der Waals surface area contributed by atoms with Gasteiger partial charge in [0.15, 0.2) is 6.10 Å². The van der Waals surface area contributed by atoms with Gasteiger partial charge in [0.2, 0.25) is 0 Å². The molecule has 0 aliphatic heterocycles. The molecule has 0 saturated heterocycles. The van der Waals surface area contributed by atoms with Gasteiger partial charge in [0.05, 0.1) is 27.7 Å². The molecule has 0 aliphatic rings. The smallest absolute Gasteiger partial charge is 0.306 e. The van der Waals surface area contributed by atoms with Crippen molar-refractivity contribution in [2.24, 2.45) is 0 Å². The van der Waals surface area contributed by atoms with Gasteiger partial charge in [-0.3, -0.25) is 14.2 Å². The van der Waals surface area contributed by atoms with Crippen molar-refractivity contribution in [3.63, 3.8) is 0 Å². The Kier molecular flexibility index (Phi) is 34.4. The number of carbonyl (C=O) groups excluding carboxylic acids is 2. The Morgan fingerprint density at radius 1 is 0.593 bits per heavy atom. The van der Waals surface area contributed by atoms with Gasteiger partial charge in [-0.15, -0.1) is 0 Å². The number of phosphoric ester groups is 1. The van der Waals surface area contributed by atoms with E-state index in [9.17, 15) is 19.0 Å². The highest BCUT2D eigenvalue weighted by atomic mass is 31.2. The molecule has 0 aromatic carbocycles. The number of unbranched alkanes of at least 4 members (excludes halogenated alkanes) is 10. The zero-order chi connectivity index (χ0) is 40.0. The maximum atomic E-state index is 12.6. The maximum absolute atomic E-state index is 12.6. The number of ether oxygens (including phenoxy) is 2. The first-order chi connectivity index (χ1) is 26.0. The Morgan fingerprint density at radius 2 is 1.06 bits per heavy atom. The van der Waals surface area contributed by atoms with Gasteiger partial charge in [-0.05, 0) is 64.2 Å². The number of esters is 2. The van der Waals surface area contributed by atoms with E-state index in [-0.39, 0.29) is 26.1 Å². The fourth-order valence-electron chi connectivity index (χ4n) is 5.01. The molecule has 2 atom stereocenters. The molecular formula is C44H76NO8P. The summed E-state index contributed by atoms with van der Waals surface area (Å²) >= 11 is 0. The average molecular weight is 778 g/mol. The highest BCUT2D eigenvalue weighted by molar-refractivity contribution is 7.45. The van der Waals surface area contributed by atoms with Crippen LogP contribution in [0.1, 0.15) is 142 Å². The number of hydrogen-bond donors (Lipinski definition) is 0. The molecular weight excluding hydrogens is 701 g/mol. The van der Waals surface area contributed by atoms with Gasteiger partial charge in [0.1, 0.15) is 19.8 Å². The third-order valence-corrected chi connectivity index (χ3v) is 9.21. The van der Waals surface area contributed by atoms with Crippen LogP contribution in [0.2, 0.25) is 0 Å². The van der Waals surface area contributed by atoms with Crippen LogP contribution in [0, 0.1) is 0 Å². The lowest BCUT2D eigenvalue weighted by Gasteiger charge is -2.28. The van der Waals surface area contributed by atoms with E-state index in [1.807, 2.05) is 21.1 Å². The molecule has 9 nitrogen and oxygen atoms in total. The zero-order valence-electron chi connectivity index (χ0n) is 34.6. The Balaban J connectivity index is 4.35. The minimum Gasteiger partial charge on any atom is -0.756 e. The fraction of sp³-hybridized carbons (Fsp3) is 0.682. The number of rotatable bonds is 36. The first-order valence-electron chi connectivity index (χ1n) is 20.6. The Hall–Kier alpha value is -2.55. The van der Waals surface area contributed by atoms with Crippen LogP contribution >= 0.6 is 7.82 Å². The second-order valence-electron chi connectivity index (χ2n) is 14.6. The number of hydrogen-bond acceptors (Lipinski definition) is 8. The second kappa shape index (κ2) is 36.1. The summed E-state index contributed by atoms with van der Waals surface area (Å²) in [5, 5.41) is 0. The van der Waals surface area contributed by atoms with Crippen LogP contribution in [0.15, 0.2) is 72.9 Å². The summed E-state index contributed by atoms with van der Waals surface area (Å²) in [6, 6.07) is 0. The molecule has 0 amide bonds. The van der Waals surface area contributed by atoms with Crippen molar-refractivity contribution in [2.75, 3.05) is 47.5 Å². The van der Waals surface area contributed by atoms with Crippen LogP contribution in [-0.4, -0.2) is 70.0 Å². The van der Waals surface area contributed by atoms with Crippen LogP contribution in [0.5, 0.6) is 0 Å². The third-order valence-electron chi connectivity index (χ3n) is 8.24. The van der Waals surface area contributed by atoms with Crippen molar-refractivity contribution in [1.82, 2.24) is 0 Å². The molecule has 0 aromatic rings. The normalized spacial score (nSPS) is 14.4.